The Balaban J connectivity index is 2.52. The van der Waals surface area contributed by atoms with Crippen LogP contribution in [0.4, 0.5) is 5.69 Å². The first-order valence-electron chi connectivity index (χ1n) is 5.44. The molecule has 0 aromatic heterocycles. The molecule has 0 aliphatic carbocycles. The summed E-state index contributed by atoms with van der Waals surface area (Å²) in [6.07, 6.45) is 6.68. The molecule has 0 radical (unpaired) electrons. The van der Waals surface area contributed by atoms with Crippen LogP contribution in [0.15, 0.2) is 24.3 Å². The van der Waals surface area contributed by atoms with Gasteiger partial charge in [0, 0.05) is 24.9 Å². The summed E-state index contributed by atoms with van der Waals surface area (Å²) in [5.41, 5.74) is 7.49. The molecule has 1 rings (SSSR count). The quantitative estimate of drug-likeness (QED) is 0.606. The van der Waals surface area contributed by atoms with Crippen LogP contribution in [0.3, 0.4) is 0 Å². The molecule has 0 saturated carbocycles. The van der Waals surface area contributed by atoms with E-state index in [1.807, 2.05) is 31.2 Å². The van der Waals surface area contributed by atoms with Crippen LogP contribution in [0, 0.1) is 12.3 Å². The van der Waals surface area contributed by atoms with Crippen LogP contribution in [0.25, 0.3) is 0 Å². The summed E-state index contributed by atoms with van der Waals surface area (Å²) >= 11 is 0. The molecule has 0 amide bonds. The van der Waals surface area contributed by atoms with E-state index in [0.717, 1.165) is 11.3 Å². The van der Waals surface area contributed by atoms with E-state index < -0.39 is 0 Å². The molecular formula is C14H17NO. The van der Waals surface area contributed by atoms with E-state index in [4.69, 9.17) is 12.2 Å². The smallest absolute Gasteiger partial charge is 0.134 e. The Hall–Kier alpha value is -1.75. The van der Waals surface area contributed by atoms with Gasteiger partial charge in [-0.1, -0.05) is 19.1 Å². The number of ketones is 1. The molecule has 0 fully saturated rings. The van der Waals surface area contributed by atoms with Gasteiger partial charge in [0.1, 0.15) is 5.78 Å². The lowest BCUT2D eigenvalue weighted by molar-refractivity contribution is -0.119. The normalized spacial score (nSPS) is 11.8. The minimum absolute atomic E-state index is 0.224. The lowest BCUT2D eigenvalue weighted by Gasteiger charge is -2.10. The molecule has 0 saturated heterocycles. The van der Waals surface area contributed by atoms with Gasteiger partial charge in [-0.2, -0.15) is 0 Å². The number of carbonyl (C=O) groups is 1. The van der Waals surface area contributed by atoms with E-state index in [1.54, 1.807) is 0 Å². The van der Waals surface area contributed by atoms with E-state index in [-0.39, 0.29) is 11.7 Å². The topological polar surface area (TPSA) is 43.1 Å². The second kappa shape index (κ2) is 5.97. The molecule has 84 valence electrons. The zero-order chi connectivity index (χ0) is 12.0. The summed E-state index contributed by atoms with van der Waals surface area (Å²) in [7, 11) is 0. The fraction of sp³-hybridized carbons (Fsp3) is 0.357. The average Bonchev–Trinajstić information content (AvgIpc) is 2.27. The summed E-state index contributed by atoms with van der Waals surface area (Å²) in [4.78, 5) is 11.5. The van der Waals surface area contributed by atoms with Gasteiger partial charge in [-0.15, -0.1) is 12.3 Å². The van der Waals surface area contributed by atoms with Crippen LogP contribution < -0.4 is 5.73 Å². The number of terminal acetylenes is 1. The molecular weight excluding hydrogens is 198 g/mol. The maximum atomic E-state index is 11.5. The highest BCUT2D eigenvalue weighted by molar-refractivity contribution is 5.79. The summed E-state index contributed by atoms with van der Waals surface area (Å²) in [6, 6.07) is 7.65. The third kappa shape index (κ3) is 3.78. The van der Waals surface area contributed by atoms with Crippen molar-refractivity contribution >= 4 is 11.5 Å². The van der Waals surface area contributed by atoms with E-state index in [1.165, 1.54) is 0 Å². The number of benzene rings is 1. The lowest BCUT2D eigenvalue weighted by atomic mass is 9.94. The average molecular weight is 215 g/mol. The van der Waals surface area contributed by atoms with Gasteiger partial charge in [0.05, 0.1) is 0 Å². The van der Waals surface area contributed by atoms with Crippen molar-refractivity contribution in [2.24, 2.45) is 0 Å². The molecule has 16 heavy (non-hydrogen) atoms. The highest BCUT2D eigenvalue weighted by Crippen LogP contribution is 2.21. The van der Waals surface area contributed by atoms with Crippen molar-refractivity contribution in [2.45, 2.75) is 32.1 Å². The highest BCUT2D eigenvalue weighted by atomic mass is 16.1. The number of Topliss-reactive ketones (excluding diaryl/α,β-unsaturated/α-hetero) is 1. The first kappa shape index (κ1) is 12.3. The second-order valence-corrected chi connectivity index (χ2v) is 4.01. The van der Waals surface area contributed by atoms with E-state index in [2.05, 4.69) is 5.92 Å². The van der Waals surface area contributed by atoms with Gasteiger partial charge in [-0.3, -0.25) is 4.79 Å². The molecule has 1 atom stereocenters. The molecule has 1 unspecified atom stereocenters. The van der Waals surface area contributed by atoms with E-state index >= 15 is 0 Å². The van der Waals surface area contributed by atoms with Gasteiger partial charge in [-0.25, -0.2) is 0 Å². The summed E-state index contributed by atoms with van der Waals surface area (Å²) in [6.45, 7) is 2.04. The molecule has 2 heteroatoms. The second-order valence-electron chi connectivity index (χ2n) is 4.01. The van der Waals surface area contributed by atoms with Gasteiger partial charge in [0.2, 0.25) is 0 Å². The largest absolute Gasteiger partial charge is 0.399 e. The summed E-state index contributed by atoms with van der Waals surface area (Å²) in [5, 5.41) is 0. The Morgan fingerprint density at radius 2 is 2.06 bits per heavy atom. The minimum Gasteiger partial charge on any atom is -0.399 e. The van der Waals surface area contributed by atoms with E-state index in [0.29, 0.717) is 19.3 Å². The van der Waals surface area contributed by atoms with Crippen LogP contribution in [0.1, 0.15) is 37.7 Å². The maximum absolute atomic E-state index is 11.5. The van der Waals surface area contributed by atoms with Crippen LogP contribution in [-0.4, -0.2) is 5.78 Å². The van der Waals surface area contributed by atoms with Gasteiger partial charge in [-0.05, 0) is 23.6 Å². The summed E-state index contributed by atoms with van der Waals surface area (Å²) in [5.74, 6) is 2.93. The predicted molar refractivity (Wildman–Crippen MR) is 67.0 cm³/mol. The van der Waals surface area contributed by atoms with Crippen molar-refractivity contribution in [3.8, 4) is 12.3 Å². The molecule has 1 aromatic rings. The molecule has 0 heterocycles. The Labute approximate surface area is 96.9 Å². The molecule has 0 aliphatic rings. The van der Waals surface area contributed by atoms with E-state index in [9.17, 15) is 4.79 Å². The van der Waals surface area contributed by atoms with Crippen molar-refractivity contribution < 1.29 is 4.79 Å². The van der Waals surface area contributed by atoms with Crippen molar-refractivity contribution in [2.75, 3.05) is 5.73 Å². The molecule has 0 spiro atoms. The number of hydrogen-bond donors (Lipinski definition) is 1. The van der Waals surface area contributed by atoms with Crippen LogP contribution in [-0.2, 0) is 4.79 Å². The lowest BCUT2D eigenvalue weighted by Crippen LogP contribution is -2.04. The Morgan fingerprint density at radius 1 is 1.44 bits per heavy atom. The number of carbonyl (C=O) groups excluding carboxylic acids is 1. The van der Waals surface area contributed by atoms with Crippen LogP contribution in [0.2, 0.25) is 0 Å². The Bertz CT molecular complexity index is 386. The van der Waals surface area contributed by atoms with Gasteiger partial charge in [0.15, 0.2) is 0 Å². The zero-order valence-electron chi connectivity index (χ0n) is 9.57. The maximum Gasteiger partial charge on any atom is 0.134 e. The Kier molecular flexibility index (Phi) is 4.60. The minimum atomic E-state index is 0.224. The number of nitrogen functional groups attached to an aromatic ring is 1. The standard InChI is InChI=1S/C14H17NO/c1-3-4-5-14(16)10-11(2)12-6-8-13(15)9-7-12/h1,6-9,11H,4-5,10,15H2,2H3. The highest BCUT2D eigenvalue weighted by Gasteiger charge is 2.10. The summed E-state index contributed by atoms with van der Waals surface area (Å²) < 4.78 is 0. The first-order valence-corrected chi connectivity index (χ1v) is 5.44. The van der Waals surface area contributed by atoms with Crippen molar-refractivity contribution in [1.29, 1.82) is 0 Å². The number of anilines is 1. The van der Waals surface area contributed by atoms with Gasteiger partial charge in [0.25, 0.3) is 0 Å². The third-order valence-electron chi connectivity index (χ3n) is 2.59. The molecule has 2 nitrogen and oxygen atoms in total. The van der Waals surface area contributed by atoms with Gasteiger partial charge < -0.3 is 5.73 Å². The molecule has 2 N–H and O–H groups in total. The molecule has 1 aromatic carbocycles. The Morgan fingerprint density at radius 3 is 2.62 bits per heavy atom. The fourth-order valence-corrected chi connectivity index (χ4v) is 1.60. The zero-order valence-corrected chi connectivity index (χ0v) is 9.57. The van der Waals surface area contributed by atoms with Crippen molar-refractivity contribution in [1.82, 2.24) is 0 Å². The molecule has 0 bridgehead atoms. The first-order chi connectivity index (χ1) is 7.63. The number of rotatable bonds is 5. The van der Waals surface area contributed by atoms with Gasteiger partial charge >= 0.3 is 0 Å². The monoisotopic (exact) mass is 215 g/mol. The van der Waals surface area contributed by atoms with Crippen LogP contribution >= 0.6 is 0 Å². The molecule has 0 aliphatic heterocycles. The third-order valence-corrected chi connectivity index (χ3v) is 2.59. The number of hydrogen-bond acceptors (Lipinski definition) is 2. The van der Waals surface area contributed by atoms with Crippen LogP contribution in [0.5, 0.6) is 0 Å². The predicted octanol–water partition coefficient (Wildman–Crippen LogP) is 2.74. The van der Waals surface area contributed by atoms with Crippen molar-refractivity contribution in [3.05, 3.63) is 29.8 Å². The number of nitrogens with two attached hydrogens (primary N) is 1. The fourth-order valence-electron chi connectivity index (χ4n) is 1.60. The SMILES string of the molecule is C#CCCC(=O)CC(C)c1ccc(N)cc1. The van der Waals surface area contributed by atoms with Crippen molar-refractivity contribution in [3.63, 3.8) is 0 Å².